The topological polar surface area (TPSA) is 94.8 Å². The predicted octanol–water partition coefficient (Wildman–Crippen LogP) is 6.44. The lowest BCUT2D eigenvalue weighted by Crippen LogP contribution is -2.44. The molecule has 0 aliphatic carbocycles. The molecule has 0 aliphatic heterocycles. The van der Waals surface area contributed by atoms with Gasteiger partial charge in [-0.2, -0.15) is 0 Å². The quantitative estimate of drug-likeness (QED) is 0.126. The van der Waals surface area contributed by atoms with E-state index in [9.17, 15) is 14.4 Å². The number of rotatable bonds is 9. The smallest absolute Gasteiger partial charge is 0.408 e. The minimum atomic E-state index is -1.02. The highest BCUT2D eigenvalue weighted by atomic mass is 16.6. The van der Waals surface area contributed by atoms with Gasteiger partial charge in [0.1, 0.15) is 24.0 Å². The first-order valence-electron chi connectivity index (χ1n) is 13.7. The second-order valence-corrected chi connectivity index (χ2v) is 10.1. The van der Waals surface area contributed by atoms with Gasteiger partial charge in [-0.3, -0.25) is 0 Å². The normalized spacial score (nSPS) is 11.6. The molecule has 42 heavy (non-hydrogen) atoms. The van der Waals surface area contributed by atoms with Gasteiger partial charge in [0.15, 0.2) is 0 Å². The molecular weight excluding hydrogens is 530 g/mol. The number of carbonyl (C=O) groups excluding carboxylic acids is 2. The molecule has 0 aliphatic rings. The molecule has 0 unspecified atom stereocenters. The van der Waals surface area contributed by atoms with Crippen LogP contribution in [0.4, 0.5) is 4.79 Å². The van der Waals surface area contributed by atoms with Gasteiger partial charge in [-0.1, -0.05) is 91.0 Å². The van der Waals surface area contributed by atoms with Gasteiger partial charge in [0, 0.05) is 29.4 Å². The highest BCUT2D eigenvalue weighted by Crippen LogP contribution is 2.30. The van der Waals surface area contributed by atoms with Crippen LogP contribution in [0.3, 0.4) is 0 Å². The van der Waals surface area contributed by atoms with E-state index < -0.39 is 23.7 Å². The van der Waals surface area contributed by atoms with E-state index in [1.165, 1.54) is 0 Å². The molecule has 1 N–H and O–H groups in total. The third-order valence-corrected chi connectivity index (χ3v) is 7.16. The van der Waals surface area contributed by atoms with Crippen molar-refractivity contribution in [2.45, 2.75) is 39.3 Å². The Hall–Kier alpha value is -5.17. The standard InChI is InChI=1S/C35H31NO6/c1-23-28-18-19-31(24(2)32(28)42-33(37)29(23)20-25-12-6-3-7-13-25)41-34(38)30(21-26-14-8-4-9-15-26)36-35(39)40-22-27-16-10-5-11-17-27/h3-19,30H,20-22H2,1-2H3,(H,36,39)/t30-/m0/s1. The summed E-state index contributed by atoms with van der Waals surface area (Å²) in [5, 5.41) is 3.42. The van der Waals surface area contributed by atoms with Gasteiger partial charge < -0.3 is 19.2 Å². The molecule has 5 rings (SSSR count). The molecule has 0 spiro atoms. The van der Waals surface area contributed by atoms with Crippen molar-refractivity contribution in [3.63, 3.8) is 0 Å². The van der Waals surface area contributed by atoms with Crippen LogP contribution in [0.15, 0.2) is 112 Å². The van der Waals surface area contributed by atoms with E-state index in [4.69, 9.17) is 13.9 Å². The van der Waals surface area contributed by atoms with E-state index >= 15 is 0 Å². The van der Waals surface area contributed by atoms with Gasteiger partial charge in [0.05, 0.1) is 0 Å². The summed E-state index contributed by atoms with van der Waals surface area (Å²) in [6.07, 6.45) is -0.0860. The Labute approximate surface area is 243 Å². The summed E-state index contributed by atoms with van der Waals surface area (Å²) < 4.78 is 16.9. The zero-order valence-electron chi connectivity index (χ0n) is 23.5. The largest absolute Gasteiger partial charge is 0.445 e. The van der Waals surface area contributed by atoms with Crippen molar-refractivity contribution in [3.05, 3.63) is 147 Å². The molecule has 1 atom stereocenters. The van der Waals surface area contributed by atoms with Crippen molar-refractivity contribution in [1.29, 1.82) is 0 Å². The monoisotopic (exact) mass is 561 g/mol. The number of benzene rings is 4. The Kier molecular flexibility index (Phi) is 8.78. The number of esters is 1. The van der Waals surface area contributed by atoms with E-state index in [1.54, 1.807) is 19.1 Å². The van der Waals surface area contributed by atoms with E-state index in [0.29, 0.717) is 23.1 Å². The van der Waals surface area contributed by atoms with E-state index in [-0.39, 0.29) is 18.8 Å². The van der Waals surface area contributed by atoms with Gasteiger partial charge in [-0.25, -0.2) is 14.4 Å². The third kappa shape index (κ3) is 6.75. The van der Waals surface area contributed by atoms with Crippen LogP contribution in [-0.2, 0) is 29.0 Å². The summed E-state index contributed by atoms with van der Waals surface area (Å²) in [5.74, 6) is -0.430. The minimum absolute atomic E-state index is 0.0637. The molecule has 1 heterocycles. The predicted molar refractivity (Wildman–Crippen MR) is 161 cm³/mol. The number of carbonyl (C=O) groups is 2. The van der Waals surface area contributed by atoms with Crippen LogP contribution in [0.1, 0.15) is 33.4 Å². The third-order valence-electron chi connectivity index (χ3n) is 7.16. The average molecular weight is 562 g/mol. The van der Waals surface area contributed by atoms with Gasteiger partial charge in [-0.05, 0) is 48.2 Å². The zero-order valence-corrected chi connectivity index (χ0v) is 23.5. The van der Waals surface area contributed by atoms with E-state index in [2.05, 4.69) is 5.32 Å². The van der Waals surface area contributed by atoms with Gasteiger partial charge in [0.2, 0.25) is 0 Å². The summed E-state index contributed by atoms with van der Waals surface area (Å²) in [4.78, 5) is 39.1. The fourth-order valence-electron chi connectivity index (χ4n) is 4.82. The van der Waals surface area contributed by atoms with Crippen LogP contribution in [0, 0.1) is 13.8 Å². The number of ether oxygens (including phenoxy) is 2. The molecule has 0 saturated heterocycles. The Morgan fingerprint density at radius 1 is 0.762 bits per heavy atom. The average Bonchev–Trinajstić information content (AvgIpc) is 3.01. The fourth-order valence-corrected chi connectivity index (χ4v) is 4.82. The maximum Gasteiger partial charge on any atom is 0.408 e. The Balaban J connectivity index is 1.37. The van der Waals surface area contributed by atoms with Crippen molar-refractivity contribution in [1.82, 2.24) is 5.32 Å². The first kappa shape index (κ1) is 28.4. The molecule has 0 fully saturated rings. The lowest BCUT2D eigenvalue weighted by atomic mass is 9.98. The number of amides is 1. The molecule has 1 aromatic heterocycles. The SMILES string of the molecule is Cc1c(Cc2ccccc2)c(=O)oc2c(C)c(OC(=O)[C@H](Cc3ccccc3)NC(=O)OCc3ccccc3)ccc12. The first-order valence-corrected chi connectivity index (χ1v) is 13.7. The molecule has 212 valence electrons. The van der Waals surface area contributed by atoms with Crippen LogP contribution >= 0.6 is 0 Å². The molecule has 1 amide bonds. The lowest BCUT2D eigenvalue weighted by Gasteiger charge is -2.19. The van der Waals surface area contributed by atoms with Crippen LogP contribution < -0.4 is 15.7 Å². The van der Waals surface area contributed by atoms with E-state index in [0.717, 1.165) is 27.6 Å². The molecule has 4 aromatic carbocycles. The molecule has 0 bridgehead atoms. The highest BCUT2D eigenvalue weighted by Gasteiger charge is 2.26. The maximum atomic E-state index is 13.4. The van der Waals surface area contributed by atoms with Crippen LogP contribution in [0.25, 0.3) is 11.0 Å². The summed E-state index contributed by atoms with van der Waals surface area (Å²) in [5.41, 5.74) is 4.51. The van der Waals surface area contributed by atoms with Crippen LogP contribution in [0.2, 0.25) is 0 Å². The highest BCUT2D eigenvalue weighted by molar-refractivity contribution is 5.88. The summed E-state index contributed by atoms with van der Waals surface area (Å²) in [6, 6.07) is 30.8. The van der Waals surface area contributed by atoms with Gasteiger partial charge in [-0.15, -0.1) is 0 Å². The second-order valence-electron chi connectivity index (χ2n) is 10.1. The van der Waals surface area contributed by atoms with E-state index in [1.807, 2.05) is 97.9 Å². The maximum absolute atomic E-state index is 13.4. The van der Waals surface area contributed by atoms with Gasteiger partial charge >= 0.3 is 17.7 Å². The molecule has 5 aromatic rings. The lowest BCUT2D eigenvalue weighted by molar-refractivity contribution is -0.136. The number of fused-ring (bicyclic) bond motifs is 1. The molecule has 0 radical (unpaired) electrons. The zero-order chi connectivity index (χ0) is 29.5. The van der Waals surface area contributed by atoms with Crippen molar-refractivity contribution in [2.24, 2.45) is 0 Å². The second kappa shape index (κ2) is 13.0. The number of alkyl carbamates (subject to hydrolysis) is 1. The number of aryl methyl sites for hydroxylation is 2. The van der Waals surface area contributed by atoms with Crippen LogP contribution in [0.5, 0.6) is 5.75 Å². The first-order chi connectivity index (χ1) is 20.4. The molecule has 0 saturated carbocycles. The summed E-state index contributed by atoms with van der Waals surface area (Å²) in [6.45, 7) is 3.69. The number of hydrogen-bond donors (Lipinski definition) is 1. The molecule has 7 heteroatoms. The van der Waals surface area contributed by atoms with Gasteiger partial charge in [0.25, 0.3) is 0 Å². The van der Waals surface area contributed by atoms with Crippen molar-refractivity contribution in [2.75, 3.05) is 0 Å². The molecular formula is C35H31NO6. The Morgan fingerprint density at radius 2 is 1.36 bits per heavy atom. The summed E-state index contributed by atoms with van der Waals surface area (Å²) in [7, 11) is 0. The van der Waals surface area contributed by atoms with Crippen molar-refractivity contribution >= 4 is 23.0 Å². The van der Waals surface area contributed by atoms with Crippen molar-refractivity contribution in [3.8, 4) is 5.75 Å². The minimum Gasteiger partial charge on any atom is -0.445 e. The number of nitrogens with one attached hydrogen (secondary N) is 1. The van der Waals surface area contributed by atoms with Crippen LogP contribution in [-0.4, -0.2) is 18.1 Å². The Morgan fingerprint density at radius 3 is 2.00 bits per heavy atom. The molecule has 7 nitrogen and oxygen atoms in total. The Bertz CT molecular complexity index is 1750. The fraction of sp³-hybridized carbons (Fsp3) is 0.171. The van der Waals surface area contributed by atoms with Crippen molar-refractivity contribution < 1.29 is 23.5 Å². The summed E-state index contributed by atoms with van der Waals surface area (Å²) >= 11 is 0. The number of hydrogen-bond acceptors (Lipinski definition) is 6.